The van der Waals surface area contributed by atoms with Crippen molar-refractivity contribution in [1.29, 1.82) is 0 Å². The van der Waals surface area contributed by atoms with Gasteiger partial charge in [-0.05, 0) is 24.5 Å². The van der Waals surface area contributed by atoms with E-state index in [4.69, 9.17) is 0 Å². The van der Waals surface area contributed by atoms with Gasteiger partial charge in [-0.3, -0.25) is 10.4 Å². The Morgan fingerprint density at radius 1 is 1.27 bits per heavy atom. The second kappa shape index (κ2) is 5.19. The van der Waals surface area contributed by atoms with Crippen LogP contribution in [0.3, 0.4) is 0 Å². The average molecular weight is 209 g/mol. The van der Waals surface area contributed by atoms with Gasteiger partial charge in [-0.2, -0.15) is 0 Å². The lowest BCUT2D eigenvalue weighted by Crippen LogP contribution is -2.41. The van der Waals surface area contributed by atoms with Gasteiger partial charge in [0.25, 0.3) is 0 Å². The summed E-state index contributed by atoms with van der Waals surface area (Å²) in [7, 11) is 0. The van der Waals surface area contributed by atoms with Crippen LogP contribution in [-0.2, 0) is 6.54 Å². The first-order valence-electron chi connectivity index (χ1n) is 5.42. The number of hydrazine groups is 1. The van der Waals surface area contributed by atoms with Crippen molar-refractivity contribution in [2.24, 2.45) is 0 Å². The van der Waals surface area contributed by atoms with Crippen LogP contribution in [0.5, 0.6) is 0 Å². The fourth-order valence-corrected chi connectivity index (χ4v) is 1.81. The topological polar surface area (TPSA) is 28.2 Å². The lowest BCUT2D eigenvalue weighted by molar-refractivity contribution is 0.151. The molecule has 0 aliphatic carbocycles. The minimum Gasteiger partial charge on any atom is -0.261 e. The van der Waals surface area contributed by atoms with Gasteiger partial charge in [-0.25, -0.2) is 9.40 Å². The summed E-state index contributed by atoms with van der Waals surface area (Å²) in [5.41, 5.74) is 4.18. The highest BCUT2D eigenvalue weighted by Gasteiger charge is 2.08. The molecule has 82 valence electrons. The van der Waals surface area contributed by atoms with E-state index in [1.165, 1.54) is 31.5 Å². The van der Waals surface area contributed by atoms with Crippen LogP contribution in [0.25, 0.3) is 0 Å². The lowest BCUT2D eigenvalue weighted by atomic mass is 10.2. The molecule has 0 aromatic carbocycles. The maximum atomic E-state index is 12.8. The van der Waals surface area contributed by atoms with Gasteiger partial charge in [0.15, 0.2) is 0 Å². The highest BCUT2D eigenvalue weighted by atomic mass is 19.1. The van der Waals surface area contributed by atoms with Crippen LogP contribution in [0.4, 0.5) is 4.39 Å². The SMILES string of the molecule is Fc1cncc(CNN2CCCCC2)c1. The van der Waals surface area contributed by atoms with E-state index in [9.17, 15) is 4.39 Å². The summed E-state index contributed by atoms with van der Waals surface area (Å²) in [6, 6.07) is 1.52. The van der Waals surface area contributed by atoms with Gasteiger partial charge in [-0.15, -0.1) is 0 Å². The van der Waals surface area contributed by atoms with Crippen LogP contribution >= 0.6 is 0 Å². The fraction of sp³-hybridized carbons (Fsp3) is 0.545. The molecule has 15 heavy (non-hydrogen) atoms. The third kappa shape index (κ3) is 3.25. The van der Waals surface area contributed by atoms with E-state index in [0.29, 0.717) is 6.54 Å². The number of nitrogens with zero attached hydrogens (tertiary/aromatic N) is 2. The summed E-state index contributed by atoms with van der Waals surface area (Å²) < 4.78 is 12.8. The maximum Gasteiger partial charge on any atom is 0.141 e. The van der Waals surface area contributed by atoms with Crippen LogP contribution in [0, 0.1) is 5.82 Å². The molecule has 0 bridgehead atoms. The molecule has 0 radical (unpaired) electrons. The van der Waals surface area contributed by atoms with E-state index in [0.717, 1.165) is 18.7 Å². The second-order valence-corrected chi connectivity index (χ2v) is 3.89. The lowest BCUT2D eigenvalue weighted by Gasteiger charge is -2.27. The number of rotatable bonds is 3. The molecule has 1 saturated heterocycles. The molecule has 2 heterocycles. The van der Waals surface area contributed by atoms with Crippen molar-refractivity contribution >= 4 is 0 Å². The first-order chi connectivity index (χ1) is 7.34. The third-order valence-electron chi connectivity index (χ3n) is 2.62. The van der Waals surface area contributed by atoms with Crippen LogP contribution in [-0.4, -0.2) is 23.1 Å². The monoisotopic (exact) mass is 209 g/mol. The quantitative estimate of drug-likeness (QED) is 0.821. The predicted molar refractivity (Wildman–Crippen MR) is 56.5 cm³/mol. The fourth-order valence-electron chi connectivity index (χ4n) is 1.81. The number of aromatic nitrogens is 1. The predicted octanol–water partition coefficient (Wildman–Crippen LogP) is 1.71. The zero-order valence-corrected chi connectivity index (χ0v) is 8.75. The van der Waals surface area contributed by atoms with Crippen LogP contribution < -0.4 is 5.43 Å². The molecule has 1 aliphatic heterocycles. The standard InChI is InChI=1S/C11H16FN3/c12-11-6-10(7-13-9-11)8-14-15-4-2-1-3-5-15/h6-7,9,14H,1-5,8H2. The summed E-state index contributed by atoms with van der Waals surface area (Å²) in [6.45, 7) is 2.83. The Balaban J connectivity index is 1.81. The largest absolute Gasteiger partial charge is 0.261 e. The summed E-state index contributed by atoms with van der Waals surface area (Å²) >= 11 is 0. The molecule has 2 rings (SSSR count). The Hall–Kier alpha value is -1.00. The Morgan fingerprint density at radius 3 is 2.80 bits per heavy atom. The van der Waals surface area contributed by atoms with Crippen molar-refractivity contribution in [3.05, 3.63) is 29.8 Å². The Bertz CT molecular complexity index is 310. The van der Waals surface area contributed by atoms with Gasteiger partial charge < -0.3 is 0 Å². The van der Waals surface area contributed by atoms with E-state index >= 15 is 0 Å². The highest BCUT2D eigenvalue weighted by Crippen LogP contribution is 2.07. The first kappa shape index (κ1) is 10.5. The molecule has 4 heteroatoms. The van der Waals surface area contributed by atoms with Gasteiger partial charge in [0, 0.05) is 25.8 Å². The Kier molecular flexibility index (Phi) is 3.64. The normalized spacial score (nSPS) is 17.9. The molecular formula is C11H16FN3. The third-order valence-corrected chi connectivity index (χ3v) is 2.62. The Morgan fingerprint density at radius 2 is 2.07 bits per heavy atom. The first-order valence-corrected chi connectivity index (χ1v) is 5.42. The molecule has 0 saturated carbocycles. The zero-order valence-electron chi connectivity index (χ0n) is 8.75. The number of piperidine rings is 1. The number of hydrogen-bond acceptors (Lipinski definition) is 3. The van der Waals surface area contributed by atoms with Crippen LogP contribution in [0.1, 0.15) is 24.8 Å². The number of halogens is 1. The minimum absolute atomic E-state index is 0.270. The molecule has 0 atom stereocenters. The van der Waals surface area contributed by atoms with E-state index in [2.05, 4.69) is 15.4 Å². The molecule has 0 unspecified atom stereocenters. The highest BCUT2D eigenvalue weighted by molar-refractivity contribution is 5.09. The molecule has 3 nitrogen and oxygen atoms in total. The van der Waals surface area contributed by atoms with Crippen molar-refractivity contribution in [1.82, 2.24) is 15.4 Å². The molecular weight excluding hydrogens is 193 g/mol. The van der Waals surface area contributed by atoms with E-state index in [-0.39, 0.29) is 5.82 Å². The van der Waals surface area contributed by atoms with E-state index in [1.54, 1.807) is 6.20 Å². The minimum atomic E-state index is -0.270. The smallest absolute Gasteiger partial charge is 0.141 e. The zero-order chi connectivity index (χ0) is 10.5. The number of nitrogens with one attached hydrogen (secondary N) is 1. The van der Waals surface area contributed by atoms with Crippen molar-refractivity contribution in [2.45, 2.75) is 25.8 Å². The molecule has 1 fully saturated rings. The summed E-state index contributed by atoms with van der Waals surface area (Å²) in [6.07, 6.45) is 6.73. The van der Waals surface area contributed by atoms with Crippen molar-refractivity contribution in [3.8, 4) is 0 Å². The van der Waals surface area contributed by atoms with Crippen molar-refractivity contribution < 1.29 is 4.39 Å². The second-order valence-electron chi connectivity index (χ2n) is 3.89. The van der Waals surface area contributed by atoms with Crippen LogP contribution in [0.2, 0.25) is 0 Å². The van der Waals surface area contributed by atoms with Crippen molar-refractivity contribution in [3.63, 3.8) is 0 Å². The number of hydrogen-bond donors (Lipinski definition) is 1. The number of pyridine rings is 1. The van der Waals surface area contributed by atoms with Crippen LogP contribution in [0.15, 0.2) is 18.5 Å². The van der Waals surface area contributed by atoms with Gasteiger partial charge >= 0.3 is 0 Å². The van der Waals surface area contributed by atoms with Crippen molar-refractivity contribution in [2.75, 3.05) is 13.1 Å². The Labute approximate surface area is 89.3 Å². The van der Waals surface area contributed by atoms with Gasteiger partial charge in [-0.1, -0.05) is 6.42 Å². The molecule has 1 aromatic heterocycles. The summed E-state index contributed by atoms with van der Waals surface area (Å²) in [4.78, 5) is 3.81. The van der Waals surface area contributed by atoms with E-state index in [1.807, 2.05) is 0 Å². The molecule has 1 N–H and O–H groups in total. The molecule has 1 aliphatic rings. The van der Waals surface area contributed by atoms with E-state index < -0.39 is 0 Å². The molecule has 0 amide bonds. The summed E-state index contributed by atoms with van der Waals surface area (Å²) in [5.74, 6) is -0.270. The maximum absolute atomic E-state index is 12.8. The van der Waals surface area contributed by atoms with Gasteiger partial charge in [0.2, 0.25) is 0 Å². The van der Waals surface area contributed by atoms with Gasteiger partial charge in [0.1, 0.15) is 5.82 Å². The molecule has 1 aromatic rings. The molecule has 0 spiro atoms. The summed E-state index contributed by atoms with van der Waals surface area (Å²) in [5, 5.41) is 2.20. The van der Waals surface area contributed by atoms with Gasteiger partial charge in [0.05, 0.1) is 6.20 Å². The average Bonchev–Trinajstić information content (AvgIpc) is 2.28.